The summed E-state index contributed by atoms with van der Waals surface area (Å²) in [5.41, 5.74) is 0. The van der Waals surface area contributed by atoms with Gasteiger partial charge in [0.25, 0.3) is 0 Å². The van der Waals surface area contributed by atoms with Crippen molar-refractivity contribution >= 4 is 41.0 Å². The minimum atomic E-state index is 0.729. The summed E-state index contributed by atoms with van der Waals surface area (Å²) in [6.07, 6.45) is 0.868. The highest BCUT2D eigenvalue weighted by atomic mass is 35.5. The first-order valence-corrected chi connectivity index (χ1v) is 6.27. The molecule has 0 amide bonds. The van der Waals surface area contributed by atoms with Crippen LogP contribution < -0.4 is 0 Å². The summed E-state index contributed by atoms with van der Waals surface area (Å²) in [5, 5.41) is 0.729. The van der Waals surface area contributed by atoms with Gasteiger partial charge in [0.2, 0.25) is 0 Å². The van der Waals surface area contributed by atoms with Crippen molar-refractivity contribution in [3.63, 3.8) is 0 Å². The van der Waals surface area contributed by atoms with Gasteiger partial charge in [0.05, 0.1) is 9.09 Å². The highest BCUT2D eigenvalue weighted by Gasteiger charge is 2.01. The number of benzene rings is 1. The Morgan fingerprint density at radius 2 is 2.13 bits per heavy atom. The highest BCUT2D eigenvalue weighted by molar-refractivity contribution is 8.01. The molecule has 0 aliphatic carbocycles. The van der Waals surface area contributed by atoms with Crippen LogP contribution in [-0.2, 0) is 0 Å². The molecule has 2 aromatic rings. The van der Waals surface area contributed by atoms with Gasteiger partial charge in [-0.1, -0.05) is 29.4 Å². The number of hydrogen-bond acceptors (Lipinski definition) is 3. The summed E-state index contributed by atoms with van der Waals surface area (Å²) in [4.78, 5) is 12.3. The summed E-state index contributed by atoms with van der Waals surface area (Å²) >= 11 is 8.98. The van der Waals surface area contributed by atoms with E-state index in [2.05, 4.69) is 0 Å². The lowest BCUT2D eigenvalue weighted by Crippen LogP contribution is -1.69. The first-order valence-electron chi connectivity index (χ1n) is 4.26. The molecule has 0 saturated carbocycles. The lowest BCUT2D eigenvalue weighted by atomic mass is 10.4. The maximum atomic E-state index is 10.5. The van der Waals surface area contributed by atoms with Crippen molar-refractivity contribution in [2.45, 2.75) is 9.10 Å². The predicted octanol–water partition coefficient (Wildman–Crippen LogP) is 4.37. The summed E-state index contributed by atoms with van der Waals surface area (Å²) in [7, 11) is 0. The number of carbonyl (C=O) groups excluding carboxylic acids is 1. The van der Waals surface area contributed by atoms with E-state index >= 15 is 0 Å². The van der Waals surface area contributed by atoms with Gasteiger partial charge in [-0.15, -0.1) is 11.3 Å². The van der Waals surface area contributed by atoms with E-state index in [0.29, 0.717) is 0 Å². The van der Waals surface area contributed by atoms with E-state index in [0.717, 1.165) is 25.3 Å². The van der Waals surface area contributed by atoms with Crippen LogP contribution in [0.25, 0.3) is 0 Å². The largest absolute Gasteiger partial charge is 0.297 e. The molecule has 0 bridgehead atoms. The fraction of sp³-hybridized carbons (Fsp3) is 0. The SMILES string of the molecule is O=Cc1ccc(Sc2cccc(Cl)c2)s1. The molecular formula is C11H7ClOS2. The van der Waals surface area contributed by atoms with E-state index in [1.54, 1.807) is 11.8 Å². The molecule has 1 aromatic heterocycles. The van der Waals surface area contributed by atoms with E-state index in [9.17, 15) is 4.79 Å². The van der Waals surface area contributed by atoms with Crippen LogP contribution in [0.1, 0.15) is 9.67 Å². The number of carbonyl (C=O) groups is 1. The normalized spacial score (nSPS) is 10.2. The number of rotatable bonds is 3. The molecule has 4 heteroatoms. The van der Waals surface area contributed by atoms with Crippen LogP contribution in [0.2, 0.25) is 5.02 Å². The fourth-order valence-electron chi connectivity index (χ4n) is 1.10. The molecule has 1 nitrogen and oxygen atoms in total. The molecular weight excluding hydrogens is 248 g/mol. The van der Waals surface area contributed by atoms with Crippen LogP contribution in [0.3, 0.4) is 0 Å². The summed E-state index contributed by atoms with van der Waals surface area (Å²) in [5.74, 6) is 0. The van der Waals surface area contributed by atoms with Gasteiger partial charge in [0, 0.05) is 9.92 Å². The molecule has 76 valence electrons. The van der Waals surface area contributed by atoms with Crippen molar-refractivity contribution < 1.29 is 4.79 Å². The minimum absolute atomic E-state index is 0.729. The topological polar surface area (TPSA) is 17.1 Å². The van der Waals surface area contributed by atoms with Gasteiger partial charge in [-0.05, 0) is 30.3 Å². The van der Waals surface area contributed by atoms with Gasteiger partial charge >= 0.3 is 0 Å². The van der Waals surface area contributed by atoms with Gasteiger partial charge < -0.3 is 0 Å². The molecule has 0 aliphatic heterocycles. The molecule has 2 rings (SSSR count). The van der Waals surface area contributed by atoms with E-state index in [-0.39, 0.29) is 0 Å². The molecule has 0 fully saturated rings. The Hall–Kier alpha value is -0.770. The van der Waals surface area contributed by atoms with Gasteiger partial charge in [0.15, 0.2) is 6.29 Å². The lowest BCUT2D eigenvalue weighted by molar-refractivity contribution is 0.112. The van der Waals surface area contributed by atoms with Gasteiger partial charge in [0.1, 0.15) is 0 Å². The molecule has 0 atom stereocenters. The Kier molecular flexibility index (Phi) is 3.46. The first kappa shape index (κ1) is 10.7. The average Bonchev–Trinajstić information content (AvgIpc) is 2.65. The molecule has 0 radical (unpaired) electrons. The van der Waals surface area contributed by atoms with Crippen LogP contribution in [0, 0.1) is 0 Å². The third kappa shape index (κ3) is 2.84. The van der Waals surface area contributed by atoms with Crippen molar-refractivity contribution in [3.05, 3.63) is 46.3 Å². The molecule has 1 aromatic carbocycles. The Bertz CT molecular complexity index is 479. The zero-order valence-corrected chi connectivity index (χ0v) is 10.0. The van der Waals surface area contributed by atoms with E-state index in [1.807, 2.05) is 36.4 Å². The molecule has 15 heavy (non-hydrogen) atoms. The van der Waals surface area contributed by atoms with Crippen molar-refractivity contribution in [2.75, 3.05) is 0 Å². The quantitative estimate of drug-likeness (QED) is 0.757. The summed E-state index contributed by atoms with van der Waals surface area (Å²) < 4.78 is 1.10. The smallest absolute Gasteiger partial charge is 0.160 e. The summed E-state index contributed by atoms with van der Waals surface area (Å²) in [6, 6.07) is 11.4. The van der Waals surface area contributed by atoms with Crippen LogP contribution in [0.4, 0.5) is 0 Å². The Balaban J connectivity index is 2.18. The maximum Gasteiger partial charge on any atom is 0.160 e. The van der Waals surface area contributed by atoms with Gasteiger partial charge in [-0.2, -0.15) is 0 Å². The average molecular weight is 255 g/mol. The van der Waals surface area contributed by atoms with E-state index in [1.165, 1.54) is 11.3 Å². The molecule has 0 N–H and O–H groups in total. The third-order valence-electron chi connectivity index (χ3n) is 1.73. The van der Waals surface area contributed by atoms with E-state index in [4.69, 9.17) is 11.6 Å². The third-order valence-corrected chi connectivity index (χ3v) is 4.10. The Morgan fingerprint density at radius 1 is 1.27 bits per heavy atom. The lowest BCUT2D eigenvalue weighted by Gasteiger charge is -1.97. The Morgan fingerprint density at radius 3 is 2.80 bits per heavy atom. The fourth-order valence-corrected chi connectivity index (χ4v) is 3.35. The van der Waals surface area contributed by atoms with Crippen LogP contribution in [0.5, 0.6) is 0 Å². The second kappa shape index (κ2) is 4.84. The molecule has 0 saturated heterocycles. The molecule has 0 aliphatic rings. The second-order valence-corrected chi connectivity index (χ2v) is 5.76. The second-order valence-electron chi connectivity index (χ2n) is 2.83. The van der Waals surface area contributed by atoms with Crippen LogP contribution in [0.15, 0.2) is 45.5 Å². The number of halogens is 1. The van der Waals surface area contributed by atoms with Gasteiger partial charge in [-0.3, -0.25) is 4.79 Å². The number of hydrogen-bond donors (Lipinski definition) is 0. The number of aldehydes is 1. The first-order chi connectivity index (χ1) is 7.28. The van der Waals surface area contributed by atoms with Crippen molar-refractivity contribution in [2.24, 2.45) is 0 Å². The number of thiophene rings is 1. The summed E-state index contributed by atoms with van der Waals surface area (Å²) in [6.45, 7) is 0. The van der Waals surface area contributed by atoms with Gasteiger partial charge in [-0.25, -0.2) is 0 Å². The predicted molar refractivity (Wildman–Crippen MR) is 65.3 cm³/mol. The standard InChI is InChI=1S/C11H7ClOS2/c12-8-2-1-3-9(6-8)14-11-5-4-10(7-13)15-11/h1-7H. The van der Waals surface area contributed by atoms with Crippen molar-refractivity contribution in [3.8, 4) is 0 Å². The minimum Gasteiger partial charge on any atom is -0.297 e. The monoisotopic (exact) mass is 254 g/mol. The van der Waals surface area contributed by atoms with E-state index < -0.39 is 0 Å². The molecule has 0 spiro atoms. The maximum absolute atomic E-state index is 10.5. The zero-order chi connectivity index (χ0) is 10.7. The van der Waals surface area contributed by atoms with Crippen LogP contribution in [-0.4, -0.2) is 6.29 Å². The molecule has 1 heterocycles. The molecule has 0 unspecified atom stereocenters. The van der Waals surface area contributed by atoms with Crippen molar-refractivity contribution in [1.29, 1.82) is 0 Å². The zero-order valence-electron chi connectivity index (χ0n) is 7.64. The van der Waals surface area contributed by atoms with Crippen molar-refractivity contribution in [1.82, 2.24) is 0 Å². The Labute approximate surface area is 101 Å². The van der Waals surface area contributed by atoms with Crippen LogP contribution >= 0.6 is 34.7 Å². The highest BCUT2D eigenvalue weighted by Crippen LogP contribution is 2.33.